The molecule has 0 heterocycles. The summed E-state index contributed by atoms with van der Waals surface area (Å²) in [5.41, 5.74) is 0. The number of unbranched alkanes of at least 4 members (excludes halogenated alkanes) is 26. The molecule has 244 valence electrons. The lowest BCUT2D eigenvalue weighted by molar-refractivity contribution is -0.146. The van der Waals surface area contributed by atoms with E-state index in [-0.39, 0.29) is 11.9 Å². The highest BCUT2D eigenvalue weighted by Crippen LogP contribution is 2.15. The van der Waals surface area contributed by atoms with Crippen molar-refractivity contribution in [3.8, 4) is 0 Å². The van der Waals surface area contributed by atoms with Gasteiger partial charge in [0.1, 0.15) is 0 Å². The molecule has 41 heavy (non-hydrogen) atoms. The summed E-state index contributed by atoms with van der Waals surface area (Å²) >= 11 is 0. The zero-order valence-electron chi connectivity index (χ0n) is 28.0. The summed E-state index contributed by atoms with van der Waals surface area (Å²) in [6, 6.07) is 0. The molecule has 0 bridgehead atoms. The van der Waals surface area contributed by atoms with Gasteiger partial charge in [0.15, 0.2) is 0 Å². The number of esters is 2. The molecule has 4 heteroatoms. The largest absolute Gasteiger partial charge is 0.466 e. The fraction of sp³-hybridized carbons (Fsp3) is 0.946. The summed E-state index contributed by atoms with van der Waals surface area (Å²) in [5, 5.41) is 0. The van der Waals surface area contributed by atoms with Crippen LogP contribution in [-0.2, 0) is 19.1 Å². The second-order valence-corrected chi connectivity index (χ2v) is 12.5. The predicted molar refractivity (Wildman–Crippen MR) is 176 cm³/mol. The highest BCUT2D eigenvalue weighted by atomic mass is 16.5. The normalized spacial score (nSPS) is 11.2. The number of carbonyl (C=O) groups excluding carboxylic acids is 2. The van der Waals surface area contributed by atoms with Crippen molar-refractivity contribution < 1.29 is 19.1 Å². The van der Waals surface area contributed by atoms with Gasteiger partial charge in [-0.25, -0.2) is 0 Å². The number of hydrogen-bond donors (Lipinski definition) is 0. The van der Waals surface area contributed by atoms with Crippen LogP contribution in [0.25, 0.3) is 0 Å². The molecule has 0 aromatic carbocycles. The van der Waals surface area contributed by atoms with Gasteiger partial charge < -0.3 is 9.47 Å². The third kappa shape index (κ3) is 35.0. The lowest BCUT2D eigenvalue weighted by Gasteiger charge is -2.07. The van der Waals surface area contributed by atoms with Crippen LogP contribution in [0.5, 0.6) is 0 Å². The molecule has 0 atom stereocenters. The average molecular weight is 581 g/mol. The average Bonchev–Trinajstić information content (AvgIpc) is 2.97. The van der Waals surface area contributed by atoms with Crippen LogP contribution < -0.4 is 0 Å². The van der Waals surface area contributed by atoms with Crippen LogP contribution in [0.15, 0.2) is 0 Å². The Morgan fingerprint density at radius 1 is 0.317 bits per heavy atom. The van der Waals surface area contributed by atoms with E-state index in [1.807, 2.05) is 0 Å². The van der Waals surface area contributed by atoms with Gasteiger partial charge in [0, 0.05) is 19.3 Å². The summed E-state index contributed by atoms with van der Waals surface area (Å²) in [4.78, 5) is 23.8. The maximum atomic E-state index is 11.9. The van der Waals surface area contributed by atoms with E-state index in [1.165, 1.54) is 154 Å². The zero-order valence-corrected chi connectivity index (χ0v) is 28.0. The Kier molecular flexibility index (Phi) is 34.2. The number of ether oxygens (including phenoxy) is 2. The standard InChI is InChI=1S/C37H72O4/c1-3-5-7-9-11-13-15-17-19-21-23-25-27-29-32-36(38)40-34-31-35-41-37(39)33-30-28-26-24-22-20-18-16-14-12-10-8-6-4-2/h3-35H2,1-2H3. The van der Waals surface area contributed by atoms with Gasteiger partial charge in [0.2, 0.25) is 0 Å². The molecule has 4 nitrogen and oxygen atoms in total. The molecule has 0 aliphatic carbocycles. The van der Waals surface area contributed by atoms with Gasteiger partial charge in [-0.1, -0.05) is 181 Å². The van der Waals surface area contributed by atoms with E-state index in [0.717, 1.165) is 25.7 Å². The van der Waals surface area contributed by atoms with Crippen molar-refractivity contribution in [3.63, 3.8) is 0 Å². The summed E-state index contributed by atoms with van der Waals surface area (Å²) < 4.78 is 10.6. The summed E-state index contributed by atoms with van der Waals surface area (Å²) in [5.74, 6) is -0.227. The molecule has 0 unspecified atom stereocenters. The van der Waals surface area contributed by atoms with Gasteiger partial charge in [-0.3, -0.25) is 9.59 Å². The first-order valence-corrected chi connectivity index (χ1v) is 18.5. The Bertz CT molecular complexity index is 487. The summed E-state index contributed by atoms with van der Waals surface area (Å²) in [6.07, 6.45) is 38.4. The Labute approximate surface area is 256 Å². The van der Waals surface area contributed by atoms with Crippen molar-refractivity contribution in [2.24, 2.45) is 0 Å². The van der Waals surface area contributed by atoms with Crippen LogP contribution >= 0.6 is 0 Å². The molecule has 0 saturated carbocycles. The number of rotatable bonds is 34. The van der Waals surface area contributed by atoms with Crippen molar-refractivity contribution in [2.75, 3.05) is 13.2 Å². The molecule has 0 rings (SSSR count). The van der Waals surface area contributed by atoms with E-state index in [4.69, 9.17) is 9.47 Å². The van der Waals surface area contributed by atoms with Gasteiger partial charge in [-0.15, -0.1) is 0 Å². The minimum atomic E-state index is -0.113. The molecule has 0 saturated heterocycles. The maximum absolute atomic E-state index is 11.9. The Morgan fingerprint density at radius 2 is 0.537 bits per heavy atom. The molecular formula is C37H72O4. The first kappa shape index (κ1) is 39.9. The molecule has 0 aliphatic rings. The van der Waals surface area contributed by atoms with Gasteiger partial charge in [-0.05, 0) is 12.8 Å². The molecule has 0 amide bonds. The first-order chi connectivity index (χ1) is 20.2. The molecule has 0 fully saturated rings. The van der Waals surface area contributed by atoms with Crippen molar-refractivity contribution in [2.45, 2.75) is 213 Å². The zero-order chi connectivity index (χ0) is 29.9. The monoisotopic (exact) mass is 581 g/mol. The van der Waals surface area contributed by atoms with Crippen molar-refractivity contribution in [1.29, 1.82) is 0 Å². The number of carbonyl (C=O) groups is 2. The van der Waals surface area contributed by atoms with E-state index in [0.29, 0.717) is 32.5 Å². The Balaban J connectivity index is 3.26. The predicted octanol–water partition coefficient (Wildman–Crippen LogP) is 12.2. The molecule has 0 aromatic rings. The summed E-state index contributed by atoms with van der Waals surface area (Å²) in [6.45, 7) is 5.25. The SMILES string of the molecule is CCCCCCCCCCCCCCCCC(=O)OCCCOC(=O)CCCCCCCCCCCCCCCC. The van der Waals surface area contributed by atoms with Crippen LogP contribution in [0.1, 0.15) is 213 Å². The van der Waals surface area contributed by atoms with Gasteiger partial charge in [0.05, 0.1) is 13.2 Å². The van der Waals surface area contributed by atoms with Crippen LogP contribution in [0.3, 0.4) is 0 Å². The van der Waals surface area contributed by atoms with Crippen LogP contribution in [-0.4, -0.2) is 25.2 Å². The van der Waals surface area contributed by atoms with Crippen LogP contribution in [0.4, 0.5) is 0 Å². The minimum absolute atomic E-state index is 0.113. The van der Waals surface area contributed by atoms with Crippen LogP contribution in [0.2, 0.25) is 0 Å². The quantitative estimate of drug-likeness (QED) is 0.0561. The van der Waals surface area contributed by atoms with Crippen molar-refractivity contribution in [1.82, 2.24) is 0 Å². The van der Waals surface area contributed by atoms with Crippen molar-refractivity contribution >= 4 is 11.9 Å². The minimum Gasteiger partial charge on any atom is -0.466 e. The van der Waals surface area contributed by atoms with E-state index < -0.39 is 0 Å². The van der Waals surface area contributed by atoms with Gasteiger partial charge >= 0.3 is 11.9 Å². The molecule has 0 N–H and O–H groups in total. The fourth-order valence-electron chi connectivity index (χ4n) is 5.50. The van der Waals surface area contributed by atoms with Crippen molar-refractivity contribution in [3.05, 3.63) is 0 Å². The van der Waals surface area contributed by atoms with E-state index in [9.17, 15) is 9.59 Å². The fourth-order valence-corrected chi connectivity index (χ4v) is 5.50. The van der Waals surface area contributed by atoms with Gasteiger partial charge in [-0.2, -0.15) is 0 Å². The molecule has 0 aromatic heterocycles. The topological polar surface area (TPSA) is 52.6 Å². The maximum Gasteiger partial charge on any atom is 0.305 e. The van der Waals surface area contributed by atoms with E-state index in [1.54, 1.807) is 0 Å². The van der Waals surface area contributed by atoms with Gasteiger partial charge in [0.25, 0.3) is 0 Å². The number of hydrogen-bond acceptors (Lipinski definition) is 4. The molecular weight excluding hydrogens is 508 g/mol. The second-order valence-electron chi connectivity index (χ2n) is 12.5. The summed E-state index contributed by atoms with van der Waals surface area (Å²) in [7, 11) is 0. The second kappa shape index (κ2) is 35.1. The highest BCUT2D eigenvalue weighted by Gasteiger charge is 2.05. The first-order valence-electron chi connectivity index (χ1n) is 18.5. The molecule has 0 spiro atoms. The lowest BCUT2D eigenvalue weighted by atomic mass is 10.0. The van der Waals surface area contributed by atoms with E-state index in [2.05, 4.69) is 13.8 Å². The highest BCUT2D eigenvalue weighted by molar-refractivity contribution is 5.69. The third-order valence-electron chi connectivity index (χ3n) is 8.28. The van der Waals surface area contributed by atoms with E-state index >= 15 is 0 Å². The van der Waals surface area contributed by atoms with Crippen LogP contribution in [0, 0.1) is 0 Å². The smallest absolute Gasteiger partial charge is 0.305 e. The Hall–Kier alpha value is -1.06. The molecule has 0 aliphatic heterocycles. The Morgan fingerprint density at radius 3 is 0.780 bits per heavy atom. The molecule has 0 radical (unpaired) electrons. The third-order valence-corrected chi connectivity index (χ3v) is 8.28. The lowest BCUT2D eigenvalue weighted by Crippen LogP contribution is -2.10.